The molecule has 0 aliphatic heterocycles. The maximum Gasteiger partial charge on any atom is 0.0275 e. The van der Waals surface area contributed by atoms with Gasteiger partial charge in [0.2, 0.25) is 0 Å². The number of rotatable bonds is 3. The predicted molar refractivity (Wildman–Crippen MR) is 86.8 cm³/mol. The van der Waals surface area contributed by atoms with Crippen molar-refractivity contribution in [2.24, 2.45) is 23.6 Å². The number of nitrogens with one attached hydrogen (secondary N) is 1. The van der Waals surface area contributed by atoms with Crippen LogP contribution in [0.25, 0.3) is 0 Å². The Hall–Kier alpha value is -0.860. The lowest BCUT2D eigenvalue weighted by Crippen LogP contribution is -2.43. The molecule has 3 N–H and O–H groups in total. The third-order valence-corrected chi connectivity index (χ3v) is 6.41. The molecule has 3 aliphatic rings. The zero-order valence-electron chi connectivity index (χ0n) is 12.9. The molecule has 2 saturated carbocycles. The van der Waals surface area contributed by atoms with Crippen molar-refractivity contribution in [3.63, 3.8) is 0 Å². The third kappa shape index (κ3) is 2.43. The summed E-state index contributed by atoms with van der Waals surface area (Å²) in [6.45, 7) is 0. The molecule has 0 aromatic heterocycles. The van der Waals surface area contributed by atoms with Crippen LogP contribution >= 0.6 is 0 Å². The van der Waals surface area contributed by atoms with Crippen LogP contribution in [0.1, 0.15) is 62.0 Å². The van der Waals surface area contributed by atoms with Gasteiger partial charge in [0.15, 0.2) is 0 Å². The predicted octanol–water partition coefficient (Wildman–Crippen LogP) is 3.76. The molecule has 3 aliphatic carbocycles. The van der Waals surface area contributed by atoms with E-state index in [4.69, 9.17) is 5.84 Å². The molecule has 4 rings (SSSR count). The molecule has 2 heteroatoms. The van der Waals surface area contributed by atoms with Crippen LogP contribution in [0.3, 0.4) is 0 Å². The Bertz CT molecular complexity index is 490. The highest BCUT2D eigenvalue weighted by Crippen LogP contribution is 2.62. The van der Waals surface area contributed by atoms with Crippen molar-refractivity contribution in [2.45, 2.75) is 63.3 Å². The molecule has 0 heterocycles. The number of aryl methyl sites for hydroxylation is 1. The van der Waals surface area contributed by atoms with Crippen LogP contribution < -0.4 is 11.3 Å². The molecular weight excluding hydrogens is 256 g/mol. The summed E-state index contributed by atoms with van der Waals surface area (Å²) in [4.78, 5) is 0. The van der Waals surface area contributed by atoms with E-state index in [2.05, 4.69) is 29.7 Å². The molecule has 1 aromatic carbocycles. The maximum absolute atomic E-state index is 6.02. The number of benzene rings is 1. The summed E-state index contributed by atoms with van der Waals surface area (Å²) in [7, 11) is 0. The fourth-order valence-electron chi connectivity index (χ4n) is 5.34. The molecule has 2 nitrogen and oxygen atoms in total. The van der Waals surface area contributed by atoms with Crippen molar-refractivity contribution < 1.29 is 0 Å². The van der Waals surface area contributed by atoms with Crippen molar-refractivity contribution >= 4 is 0 Å². The molecule has 21 heavy (non-hydrogen) atoms. The lowest BCUT2D eigenvalue weighted by Gasteiger charge is -2.26. The number of hydrogen-bond donors (Lipinski definition) is 2. The first-order valence-electron chi connectivity index (χ1n) is 8.94. The average molecular weight is 284 g/mol. The van der Waals surface area contributed by atoms with Crippen LogP contribution in [0.2, 0.25) is 0 Å². The van der Waals surface area contributed by atoms with E-state index in [0.717, 1.165) is 23.7 Å². The molecule has 1 aromatic rings. The Labute approximate surface area is 128 Å². The number of hydrogen-bond acceptors (Lipinski definition) is 2. The maximum atomic E-state index is 6.02. The Morgan fingerprint density at radius 1 is 1.00 bits per heavy atom. The first-order chi connectivity index (χ1) is 10.4. The van der Waals surface area contributed by atoms with E-state index in [9.17, 15) is 0 Å². The van der Waals surface area contributed by atoms with Gasteiger partial charge in [-0.25, -0.2) is 0 Å². The smallest absolute Gasteiger partial charge is 0.0275 e. The molecular formula is C19H28N2. The van der Waals surface area contributed by atoms with Gasteiger partial charge in [0, 0.05) is 6.04 Å². The van der Waals surface area contributed by atoms with Crippen molar-refractivity contribution in [2.75, 3.05) is 0 Å². The minimum absolute atomic E-state index is 0.546. The standard InChI is InChI=1S/C19H28N2/c20-21-19(14-8-3-1-2-4-9-14)18-16-12-11-13-7-5-6-10-15(13)17(16)18/h5-7,10,14,16-19,21H,1-4,8-9,11-12,20H2. The highest BCUT2D eigenvalue weighted by Gasteiger charge is 2.57. The summed E-state index contributed by atoms with van der Waals surface area (Å²) >= 11 is 0. The van der Waals surface area contributed by atoms with Crippen LogP contribution in [0.15, 0.2) is 24.3 Å². The second kappa shape index (κ2) is 5.73. The summed E-state index contributed by atoms with van der Waals surface area (Å²) in [5, 5.41) is 0. The SMILES string of the molecule is NNC(C1CCCCCC1)C1C2CCc3ccccc3C21. The van der Waals surface area contributed by atoms with E-state index < -0.39 is 0 Å². The Morgan fingerprint density at radius 2 is 1.76 bits per heavy atom. The van der Waals surface area contributed by atoms with Crippen molar-refractivity contribution in [3.05, 3.63) is 35.4 Å². The number of hydrazine groups is 1. The van der Waals surface area contributed by atoms with Gasteiger partial charge in [-0.1, -0.05) is 49.9 Å². The van der Waals surface area contributed by atoms with Gasteiger partial charge in [-0.2, -0.15) is 0 Å². The normalized spacial score (nSPS) is 33.7. The molecule has 0 bridgehead atoms. The Balaban J connectivity index is 1.54. The van der Waals surface area contributed by atoms with Gasteiger partial charge in [0.1, 0.15) is 0 Å². The molecule has 4 unspecified atom stereocenters. The topological polar surface area (TPSA) is 38.0 Å². The van der Waals surface area contributed by atoms with E-state index in [0.29, 0.717) is 6.04 Å². The first kappa shape index (κ1) is 13.8. The number of nitrogens with two attached hydrogens (primary N) is 1. The van der Waals surface area contributed by atoms with E-state index in [1.807, 2.05) is 0 Å². The van der Waals surface area contributed by atoms with Crippen molar-refractivity contribution in [3.8, 4) is 0 Å². The highest BCUT2D eigenvalue weighted by molar-refractivity contribution is 5.40. The van der Waals surface area contributed by atoms with Crippen LogP contribution in [0, 0.1) is 17.8 Å². The van der Waals surface area contributed by atoms with Crippen LogP contribution in [0.5, 0.6) is 0 Å². The summed E-state index contributed by atoms with van der Waals surface area (Å²) < 4.78 is 0. The summed E-state index contributed by atoms with van der Waals surface area (Å²) in [5.74, 6) is 9.30. The van der Waals surface area contributed by atoms with Gasteiger partial charge in [0.25, 0.3) is 0 Å². The van der Waals surface area contributed by atoms with Crippen LogP contribution in [-0.4, -0.2) is 6.04 Å². The Morgan fingerprint density at radius 3 is 2.52 bits per heavy atom. The highest BCUT2D eigenvalue weighted by atomic mass is 15.2. The van der Waals surface area contributed by atoms with E-state index in [-0.39, 0.29) is 0 Å². The lowest BCUT2D eigenvalue weighted by atomic mass is 9.87. The lowest BCUT2D eigenvalue weighted by molar-refractivity contribution is 0.282. The van der Waals surface area contributed by atoms with Gasteiger partial charge < -0.3 is 0 Å². The minimum Gasteiger partial charge on any atom is -0.271 e. The van der Waals surface area contributed by atoms with Gasteiger partial charge >= 0.3 is 0 Å². The molecule has 0 amide bonds. The van der Waals surface area contributed by atoms with Gasteiger partial charge in [-0.05, 0) is 60.5 Å². The quantitative estimate of drug-likeness (QED) is 0.504. The van der Waals surface area contributed by atoms with Crippen molar-refractivity contribution in [1.82, 2.24) is 5.43 Å². The molecule has 4 atom stereocenters. The second-order valence-corrected chi connectivity index (χ2v) is 7.45. The van der Waals surface area contributed by atoms with E-state index in [1.165, 1.54) is 51.4 Å². The zero-order valence-corrected chi connectivity index (χ0v) is 12.9. The summed E-state index contributed by atoms with van der Waals surface area (Å²) in [6.07, 6.45) is 11.1. The number of fused-ring (bicyclic) bond motifs is 3. The minimum atomic E-state index is 0.546. The fourth-order valence-corrected chi connectivity index (χ4v) is 5.34. The monoisotopic (exact) mass is 284 g/mol. The average Bonchev–Trinajstić information content (AvgIpc) is 3.29. The summed E-state index contributed by atoms with van der Waals surface area (Å²) in [5.41, 5.74) is 6.48. The van der Waals surface area contributed by atoms with Gasteiger partial charge in [0.05, 0.1) is 0 Å². The zero-order chi connectivity index (χ0) is 14.2. The fraction of sp³-hybridized carbons (Fsp3) is 0.684. The van der Waals surface area contributed by atoms with Crippen LogP contribution in [-0.2, 0) is 6.42 Å². The molecule has 114 valence electrons. The van der Waals surface area contributed by atoms with Gasteiger partial charge in [-0.3, -0.25) is 11.3 Å². The van der Waals surface area contributed by atoms with Crippen LogP contribution in [0.4, 0.5) is 0 Å². The molecule has 0 saturated heterocycles. The Kier molecular flexibility index (Phi) is 3.76. The first-order valence-corrected chi connectivity index (χ1v) is 8.94. The largest absolute Gasteiger partial charge is 0.271 e. The third-order valence-electron chi connectivity index (χ3n) is 6.41. The second-order valence-electron chi connectivity index (χ2n) is 7.45. The van der Waals surface area contributed by atoms with E-state index in [1.54, 1.807) is 11.1 Å². The van der Waals surface area contributed by atoms with Crippen molar-refractivity contribution in [1.29, 1.82) is 0 Å². The molecule has 2 fully saturated rings. The van der Waals surface area contributed by atoms with E-state index >= 15 is 0 Å². The van der Waals surface area contributed by atoms with Gasteiger partial charge in [-0.15, -0.1) is 0 Å². The summed E-state index contributed by atoms with van der Waals surface area (Å²) in [6, 6.07) is 9.65. The molecule has 0 radical (unpaired) electrons. The molecule has 0 spiro atoms.